The average molecular weight is 372 g/mol. The highest BCUT2D eigenvalue weighted by molar-refractivity contribution is 6.28. The van der Waals surface area contributed by atoms with Crippen LogP contribution in [0.25, 0.3) is 0 Å². The Hall–Kier alpha value is -3.86. The first-order chi connectivity index (χ1) is 13.7. The minimum atomic E-state index is -0.498. The van der Waals surface area contributed by atoms with Crippen molar-refractivity contribution in [1.29, 1.82) is 0 Å². The van der Waals surface area contributed by atoms with E-state index < -0.39 is 5.91 Å². The van der Waals surface area contributed by atoms with E-state index in [2.05, 4.69) is 10.6 Å². The zero-order valence-corrected chi connectivity index (χ0v) is 15.4. The van der Waals surface area contributed by atoms with Crippen LogP contribution >= 0.6 is 0 Å². The van der Waals surface area contributed by atoms with E-state index in [1.54, 1.807) is 55.6 Å². The quantitative estimate of drug-likeness (QED) is 0.277. The number of carbonyl (C=O) groups excluding carboxylic acids is 2. The molecule has 3 rings (SSSR count). The topological polar surface area (TPSA) is 67.4 Å². The van der Waals surface area contributed by atoms with Crippen molar-refractivity contribution in [1.82, 2.24) is 0 Å². The van der Waals surface area contributed by atoms with Crippen molar-refractivity contribution in [3.05, 3.63) is 102 Å². The Morgan fingerprint density at radius 1 is 0.786 bits per heavy atom. The van der Waals surface area contributed by atoms with E-state index in [1.807, 2.05) is 36.4 Å². The average Bonchev–Trinajstić information content (AvgIpc) is 2.75. The Morgan fingerprint density at radius 2 is 1.39 bits per heavy atom. The molecular weight excluding hydrogens is 352 g/mol. The highest BCUT2D eigenvalue weighted by Crippen LogP contribution is 2.17. The SMILES string of the molecule is COc1ccc(NC(=O)/C(=C\Nc2ccccc2)C(=O)c2ccccc2)cc1. The lowest BCUT2D eigenvalue weighted by atomic mass is 10.0. The van der Waals surface area contributed by atoms with Gasteiger partial charge in [-0.05, 0) is 36.4 Å². The van der Waals surface area contributed by atoms with E-state index in [0.29, 0.717) is 17.0 Å². The molecule has 1 amide bonds. The summed E-state index contributed by atoms with van der Waals surface area (Å²) < 4.78 is 5.12. The van der Waals surface area contributed by atoms with E-state index in [-0.39, 0.29) is 11.4 Å². The third-order valence-corrected chi connectivity index (χ3v) is 4.03. The van der Waals surface area contributed by atoms with Crippen LogP contribution in [0.4, 0.5) is 11.4 Å². The van der Waals surface area contributed by atoms with Gasteiger partial charge in [0.25, 0.3) is 5.91 Å². The number of amides is 1. The molecule has 3 aromatic rings. The third kappa shape index (κ3) is 4.86. The predicted octanol–water partition coefficient (Wildman–Crippen LogP) is 4.51. The summed E-state index contributed by atoms with van der Waals surface area (Å²) in [5, 5.41) is 5.77. The first-order valence-corrected chi connectivity index (χ1v) is 8.74. The van der Waals surface area contributed by atoms with Crippen molar-refractivity contribution in [2.75, 3.05) is 17.7 Å². The van der Waals surface area contributed by atoms with E-state index in [1.165, 1.54) is 6.20 Å². The second-order valence-electron chi connectivity index (χ2n) is 5.95. The highest BCUT2D eigenvalue weighted by Gasteiger charge is 2.20. The number of para-hydroxylation sites is 1. The number of hydrogen-bond acceptors (Lipinski definition) is 4. The molecule has 0 saturated carbocycles. The lowest BCUT2D eigenvalue weighted by Gasteiger charge is -2.10. The van der Waals surface area contributed by atoms with Crippen molar-refractivity contribution in [3.63, 3.8) is 0 Å². The smallest absolute Gasteiger partial charge is 0.261 e. The monoisotopic (exact) mass is 372 g/mol. The summed E-state index contributed by atoms with van der Waals surface area (Å²) in [5.41, 5.74) is 1.79. The Morgan fingerprint density at radius 3 is 2.00 bits per heavy atom. The number of carbonyl (C=O) groups is 2. The van der Waals surface area contributed by atoms with E-state index in [9.17, 15) is 9.59 Å². The Bertz CT molecular complexity index is 966. The number of Topliss-reactive ketones (excluding diaryl/α,β-unsaturated/α-hetero) is 1. The number of rotatable bonds is 7. The number of anilines is 2. The number of benzene rings is 3. The largest absolute Gasteiger partial charge is 0.497 e. The molecule has 140 valence electrons. The number of methoxy groups -OCH3 is 1. The number of nitrogens with one attached hydrogen (secondary N) is 2. The molecule has 5 heteroatoms. The van der Waals surface area contributed by atoms with Crippen LogP contribution in [0.2, 0.25) is 0 Å². The fourth-order valence-electron chi connectivity index (χ4n) is 2.54. The molecule has 2 N–H and O–H groups in total. The van der Waals surface area contributed by atoms with Gasteiger partial charge in [-0.2, -0.15) is 0 Å². The van der Waals surface area contributed by atoms with Gasteiger partial charge in [-0.15, -0.1) is 0 Å². The fraction of sp³-hybridized carbons (Fsp3) is 0.0435. The first kappa shape index (κ1) is 18.9. The van der Waals surface area contributed by atoms with Crippen molar-refractivity contribution in [2.24, 2.45) is 0 Å². The van der Waals surface area contributed by atoms with Crippen LogP contribution in [-0.4, -0.2) is 18.8 Å². The molecule has 0 bridgehead atoms. The third-order valence-electron chi connectivity index (χ3n) is 4.03. The van der Waals surface area contributed by atoms with Crippen LogP contribution in [0, 0.1) is 0 Å². The fourth-order valence-corrected chi connectivity index (χ4v) is 2.54. The van der Waals surface area contributed by atoms with Gasteiger partial charge in [0.1, 0.15) is 11.3 Å². The van der Waals surface area contributed by atoms with E-state index >= 15 is 0 Å². The molecule has 0 atom stereocenters. The molecular formula is C23H20N2O3. The van der Waals surface area contributed by atoms with Gasteiger partial charge in [0.15, 0.2) is 5.78 Å². The molecule has 0 saturated heterocycles. The number of ketones is 1. The first-order valence-electron chi connectivity index (χ1n) is 8.74. The van der Waals surface area contributed by atoms with Crippen LogP contribution in [0.1, 0.15) is 10.4 Å². The molecule has 0 aliphatic carbocycles. The summed E-state index contributed by atoms with van der Waals surface area (Å²) >= 11 is 0. The van der Waals surface area contributed by atoms with Crippen molar-refractivity contribution in [3.8, 4) is 5.75 Å². The second kappa shape index (κ2) is 9.19. The van der Waals surface area contributed by atoms with Gasteiger partial charge in [0, 0.05) is 23.1 Å². The molecule has 5 nitrogen and oxygen atoms in total. The maximum Gasteiger partial charge on any atom is 0.261 e. The maximum atomic E-state index is 12.9. The summed E-state index contributed by atoms with van der Waals surface area (Å²) in [7, 11) is 1.57. The normalized spacial score (nSPS) is 10.8. The Kier molecular flexibility index (Phi) is 6.21. The molecule has 0 aromatic heterocycles. The molecule has 28 heavy (non-hydrogen) atoms. The van der Waals surface area contributed by atoms with Crippen LogP contribution < -0.4 is 15.4 Å². The second-order valence-corrected chi connectivity index (χ2v) is 5.95. The maximum absolute atomic E-state index is 12.9. The minimum Gasteiger partial charge on any atom is -0.497 e. The van der Waals surface area contributed by atoms with Gasteiger partial charge >= 0.3 is 0 Å². The van der Waals surface area contributed by atoms with Gasteiger partial charge in [-0.25, -0.2) is 0 Å². The Balaban J connectivity index is 1.85. The molecule has 0 radical (unpaired) electrons. The molecule has 0 fully saturated rings. The highest BCUT2D eigenvalue weighted by atomic mass is 16.5. The van der Waals surface area contributed by atoms with Gasteiger partial charge < -0.3 is 15.4 Å². The zero-order chi connectivity index (χ0) is 19.8. The molecule has 0 spiro atoms. The van der Waals surface area contributed by atoms with Crippen LogP contribution in [-0.2, 0) is 4.79 Å². The summed E-state index contributed by atoms with van der Waals surface area (Å²) in [6.07, 6.45) is 1.43. The van der Waals surface area contributed by atoms with E-state index in [4.69, 9.17) is 4.74 Å². The number of hydrogen-bond donors (Lipinski definition) is 2. The molecule has 3 aromatic carbocycles. The molecule has 0 aliphatic heterocycles. The zero-order valence-electron chi connectivity index (χ0n) is 15.4. The van der Waals surface area contributed by atoms with Crippen molar-refractivity contribution < 1.29 is 14.3 Å². The van der Waals surface area contributed by atoms with Gasteiger partial charge in [-0.3, -0.25) is 9.59 Å². The van der Waals surface area contributed by atoms with Crippen molar-refractivity contribution in [2.45, 2.75) is 0 Å². The molecule has 0 aliphatic rings. The minimum absolute atomic E-state index is 0.00544. The van der Waals surface area contributed by atoms with Gasteiger partial charge in [0.05, 0.1) is 7.11 Å². The number of ether oxygens (including phenoxy) is 1. The summed E-state index contributed by atoms with van der Waals surface area (Å²) in [4.78, 5) is 25.7. The van der Waals surface area contributed by atoms with Crippen LogP contribution in [0.3, 0.4) is 0 Å². The predicted molar refractivity (Wildman–Crippen MR) is 111 cm³/mol. The standard InChI is InChI=1S/C23H20N2O3/c1-28-20-14-12-19(13-15-20)25-23(27)21(16-24-18-10-6-3-7-11-18)22(26)17-8-4-2-5-9-17/h2-16,24H,1H3,(H,25,27)/b21-16-. The van der Waals surface area contributed by atoms with Crippen LogP contribution in [0.5, 0.6) is 5.75 Å². The summed E-state index contributed by atoms with van der Waals surface area (Å²) in [6.45, 7) is 0. The summed E-state index contributed by atoms with van der Waals surface area (Å²) in [5.74, 6) is -0.183. The molecule has 0 unspecified atom stereocenters. The Labute approximate surface area is 163 Å². The lowest BCUT2D eigenvalue weighted by Crippen LogP contribution is -2.21. The lowest BCUT2D eigenvalue weighted by molar-refractivity contribution is -0.112. The van der Waals surface area contributed by atoms with Gasteiger partial charge in [-0.1, -0.05) is 48.5 Å². The van der Waals surface area contributed by atoms with Gasteiger partial charge in [0.2, 0.25) is 0 Å². The molecule has 0 heterocycles. The summed E-state index contributed by atoms with van der Waals surface area (Å²) in [6, 6.07) is 24.9. The van der Waals surface area contributed by atoms with Crippen molar-refractivity contribution >= 4 is 23.1 Å². The van der Waals surface area contributed by atoms with Crippen LogP contribution in [0.15, 0.2) is 96.7 Å². The van der Waals surface area contributed by atoms with E-state index in [0.717, 1.165) is 5.69 Å².